The van der Waals surface area contributed by atoms with E-state index in [-0.39, 0.29) is 17.9 Å². The topological polar surface area (TPSA) is 74.7 Å². The third-order valence-electron chi connectivity index (χ3n) is 3.42. The molecule has 21 heavy (non-hydrogen) atoms. The summed E-state index contributed by atoms with van der Waals surface area (Å²) < 4.78 is 5.70. The number of nitrogens with zero attached hydrogens (tertiary/aromatic N) is 2. The van der Waals surface area contributed by atoms with Crippen LogP contribution in [0.2, 0.25) is 0 Å². The zero-order chi connectivity index (χ0) is 15.2. The molecule has 1 fully saturated rings. The van der Waals surface area contributed by atoms with Crippen molar-refractivity contribution in [3.8, 4) is 0 Å². The first kappa shape index (κ1) is 15.7. The number of carboxylic acids is 1. The third kappa shape index (κ3) is 4.99. The number of hydrogen-bond donors (Lipinski definition) is 2. The van der Waals surface area contributed by atoms with Gasteiger partial charge in [0.1, 0.15) is 5.82 Å². The summed E-state index contributed by atoms with van der Waals surface area (Å²) in [7, 11) is 0. The highest BCUT2D eigenvalue weighted by Gasteiger charge is 2.21. The highest BCUT2D eigenvalue weighted by molar-refractivity contribution is 5.85. The number of rotatable bonds is 6. The van der Waals surface area contributed by atoms with Gasteiger partial charge in [-0.05, 0) is 32.4 Å². The Labute approximate surface area is 125 Å². The Hall–Kier alpha value is -1.66. The molecule has 0 aliphatic carbocycles. The molecule has 6 nitrogen and oxygen atoms in total. The van der Waals surface area contributed by atoms with Gasteiger partial charge in [0, 0.05) is 26.2 Å². The Bertz CT molecular complexity index is 471. The van der Waals surface area contributed by atoms with Gasteiger partial charge in [-0.25, -0.2) is 9.78 Å². The predicted molar refractivity (Wildman–Crippen MR) is 80.8 cm³/mol. The number of nitrogens with one attached hydrogen (secondary N) is 1. The maximum absolute atomic E-state index is 10.8. The molecular weight excluding hydrogens is 270 g/mol. The molecule has 0 amide bonds. The van der Waals surface area contributed by atoms with E-state index < -0.39 is 5.97 Å². The summed E-state index contributed by atoms with van der Waals surface area (Å²) in [6, 6.07) is 4.97. The van der Waals surface area contributed by atoms with Gasteiger partial charge >= 0.3 is 5.97 Å². The van der Waals surface area contributed by atoms with Gasteiger partial charge in [0.2, 0.25) is 0 Å². The summed E-state index contributed by atoms with van der Waals surface area (Å²) in [6.07, 6.45) is 1.56. The van der Waals surface area contributed by atoms with Crippen molar-refractivity contribution in [3.05, 3.63) is 23.9 Å². The molecular formula is C15H23N3O3. The molecule has 0 aromatic carbocycles. The highest BCUT2D eigenvalue weighted by atomic mass is 16.5. The van der Waals surface area contributed by atoms with Crippen LogP contribution >= 0.6 is 0 Å². The van der Waals surface area contributed by atoms with Crippen LogP contribution in [-0.2, 0) is 4.74 Å². The first-order chi connectivity index (χ1) is 10.0. The molecule has 0 saturated carbocycles. The summed E-state index contributed by atoms with van der Waals surface area (Å²) in [5, 5.41) is 12.1. The minimum absolute atomic E-state index is 0.0656. The molecule has 116 valence electrons. The number of hydrogen-bond acceptors (Lipinski definition) is 5. The van der Waals surface area contributed by atoms with Crippen molar-refractivity contribution in [2.75, 3.05) is 31.5 Å². The fourth-order valence-electron chi connectivity index (χ4n) is 2.64. The van der Waals surface area contributed by atoms with E-state index in [4.69, 9.17) is 9.84 Å². The predicted octanol–water partition coefficient (Wildman–Crippen LogP) is 1.69. The second kappa shape index (κ2) is 7.38. The first-order valence-corrected chi connectivity index (χ1v) is 7.36. The van der Waals surface area contributed by atoms with Crippen LogP contribution in [0.5, 0.6) is 0 Å². The Morgan fingerprint density at radius 2 is 2.14 bits per heavy atom. The maximum atomic E-state index is 10.8. The minimum Gasteiger partial charge on any atom is -0.477 e. The van der Waals surface area contributed by atoms with Crippen molar-refractivity contribution in [1.29, 1.82) is 0 Å². The smallest absolute Gasteiger partial charge is 0.354 e. The van der Waals surface area contributed by atoms with Crippen molar-refractivity contribution in [2.45, 2.75) is 32.5 Å². The molecule has 1 saturated heterocycles. The molecule has 6 heteroatoms. The highest BCUT2D eigenvalue weighted by Crippen LogP contribution is 2.11. The molecule has 1 aliphatic heterocycles. The van der Waals surface area contributed by atoms with Crippen LogP contribution in [0.3, 0.4) is 0 Å². The lowest BCUT2D eigenvalue weighted by atomic mass is 10.2. The second-order valence-electron chi connectivity index (χ2n) is 5.51. The van der Waals surface area contributed by atoms with Crippen molar-refractivity contribution >= 4 is 11.8 Å². The lowest BCUT2D eigenvalue weighted by Gasteiger charge is -2.35. The van der Waals surface area contributed by atoms with E-state index in [1.807, 2.05) is 0 Å². The molecule has 1 aliphatic rings. The third-order valence-corrected chi connectivity index (χ3v) is 3.42. The summed E-state index contributed by atoms with van der Waals surface area (Å²) >= 11 is 0. The molecule has 1 aromatic heterocycles. The first-order valence-electron chi connectivity index (χ1n) is 7.36. The van der Waals surface area contributed by atoms with Crippen LogP contribution in [0.15, 0.2) is 18.2 Å². The number of ether oxygens (including phenoxy) is 1. The van der Waals surface area contributed by atoms with E-state index in [1.165, 1.54) is 6.07 Å². The number of aromatic nitrogens is 1. The molecule has 1 aromatic rings. The Morgan fingerprint density at radius 1 is 1.43 bits per heavy atom. The maximum Gasteiger partial charge on any atom is 0.354 e. The van der Waals surface area contributed by atoms with Gasteiger partial charge in [-0.3, -0.25) is 4.90 Å². The average molecular weight is 293 g/mol. The Kier molecular flexibility index (Phi) is 5.52. The van der Waals surface area contributed by atoms with E-state index in [1.54, 1.807) is 12.1 Å². The average Bonchev–Trinajstić information content (AvgIpc) is 2.43. The SMILES string of the molecule is CC1CN(CCCNc2cccc(C(=O)O)n2)CC(C)O1. The van der Waals surface area contributed by atoms with Crippen molar-refractivity contribution in [3.63, 3.8) is 0 Å². The van der Waals surface area contributed by atoms with E-state index in [2.05, 4.69) is 29.0 Å². The van der Waals surface area contributed by atoms with E-state index in [9.17, 15) is 4.79 Å². The van der Waals surface area contributed by atoms with E-state index in [0.717, 1.165) is 32.6 Å². The summed E-state index contributed by atoms with van der Waals surface area (Å²) in [5.41, 5.74) is 0.0656. The van der Waals surface area contributed by atoms with Crippen LogP contribution in [0.4, 0.5) is 5.82 Å². The molecule has 0 spiro atoms. The number of carbonyl (C=O) groups is 1. The zero-order valence-electron chi connectivity index (χ0n) is 12.6. The van der Waals surface area contributed by atoms with Crippen LogP contribution in [0.1, 0.15) is 30.8 Å². The van der Waals surface area contributed by atoms with Gasteiger partial charge in [-0.15, -0.1) is 0 Å². The van der Waals surface area contributed by atoms with Crippen molar-refractivity contribution < 1.29 is 14.6 Å². The van der Waals surface area contributed by atoms with Gasteiger partial charge < -0.3 is 15.2 Å². The minimum atomic E-state index is -1.00. The van der Waals surface area contributed by atoms with Gasteiger partial charge in [-0.2, -0.15) is 0 Å². The number of aromatic carboxylic acids is 1. The fraction of sp³-hybridized carbons (Fsp3) is 0.600. The van der Waals surface area contributed by atoms with Gasteiger partial charge in [0.15, 0.2) is 5.69 Å². The number of carboxylic acid groups (broad SMARTS) is 1. The van der Waals surface area contributed by atoms with Crippen LogP contribution in [0, 0.1) is 0 Å². The number of anilines is 1. The Balaban J connectivity index is 1.72. The number of morpholine rings is 1. The largest absolute Gasteiger partial charge is 0.477 e. The molecule has 2 rings (SSSR count). The monoisotopic (exact) mass is 293 g/mol. The zero-order valence-corrected chi connectivity index (χ0v) is 12.6. The molecule has 2 atom stereocenters. The normalized spacial score (nSPS) is 23.0. The Morgan fingerprint density at radius 3 is 2.81 bits per heavy atom. The quantitative estimate of drug-likeness (QED) is 0.778. The molecule has 2 unspecified atom stereocenters. The molecule has 2 N–H and O–H groups in total. The summed E-state index contributed by atoms with van der Waals surface area (Å²) in [6.45, 7) is 7.92. The van der Waals surface area contributed by atoms with Crippen molar-refractivity contribution in [2.24, 2.45) is 0 Å². The molecule has 0 bridgehead atoms. The van der Waals surface area contributed by atoms with Crippen molar-refractivity contribution in [1.82, 2.24) is 9.88 Å². The molecule has 2 heterocycles. The second-order valence-corrected chi connectivity index (χ2v) is 5.51. The van der Waals surface area contributed by atoms with Crippen LogP contribution in [-0.4, -0.2) is 59.3 Å². The number of pyridine rings is 1. The lowest BCUT2D eigenvalue weighted by Crippen LogP contribution is -2.45. The lowest BCUT2D eigenvalue weighted by molar-refractivity contribution is -0.0678. The summed E-state index contributed by atoms with van der Waals surface area (Å²) in [4.78, 5) is 17.3. The summed E-state index contributed by atoms with van der Waals surface area (Å²) in [5.74, 6) is -0.395. The van der Waals surface area contributed by atoms with Gasteiger partial charge in [-0.1, -0.05) is 6.07 Å². The van der Waals surface area contributed by atoms with E-state index in [0.29, 0.717) is 5.82 Å². The van der Waals surface area contributed by atoms with E-state index >= 15 is 0 Å². The standard InChI is InChI=1S/C15H23N3O3/c1-11-9-18(10-12(2)21-11)8-4-7-16-14-6-3-5-13(17-14)15(19)20/h3,5-6,11-12H,4,7-10H2,1-2H3,(H,16,17)(H,19,20). The van der Waals surface area contributed by atoms with Gasteiger partial charge in [0.05, 0.1) is 12.2 Å². The van der Waals surface area contributed by atoms with Gasteiger partial charge in [0.25, 0.3) is 0 Å². The molecule has 0 radical (unpaired) electrons. The van der Waals surface area contributed by atoms with Crippen LogP contribution in [0.25, 0.3) is 0 Å². The fourth-order valence-corrected chi connectivity index (χ4v) is 2.64. The van der Waals surface area contributed by atoms with Crippen LogP contribution < -0.4 is 5.32 Å².